The summed E-state index contributed by atoms with van der Waals surface area (Å²) < 4.78 is 9.89. The molecule has 4 rings (SSSR count). The fraction of sp³-hybridized carbons (Fsp3) is 0.538. The van der Waals surface area contributed by atoms with Crippen LogP contribution in [0.5, 0.6) is 0 Å². The molecule has 2 fully saturated rings. The Bertz CT molecular complexity index is 519. The van der Waals surface area contributed by atoms with E-state index in [1.165, 1.54) is 25.7 Å². The Morgan fingerprint density at radius 3 is 1.09 bits per heavy atom. The Labute approximate surface area is 229 Å². The van der Waals surface area contributed by atoms with Crippen LogP contribution in [0.1, 0.15) is 52.4 Å². The third-order valence-corrected chi connectivity index (χ3v) is 4.20. The van der Waals surface area contributed by atoms with Crippen LogP contribution in [0, 0.1) is 0 Å². The Hall–Kier alpha value is -0.746. The van der Waals surface area contributed by atoms with Crippen molar-refractivity contribution in [3.05, 3.63) is 71.3 Å². The number of halogens is 2. The van der Waals surface area contributed by atoms with Gasteiger partial charge in [-0.1, -0.05) is 87.4 Å². The van der Waals surface area contributed by atoms with E-state index in [2.05, 4.69) is 24.5 Å². The first-order valence-electron chi connectivity index (χ1n) is 11.5. The minimum atomic E-state index is 0. The standard InChI is InChI=1S/2C9H12N.2C4H8O.2ClH.Ti/c2*1-2-8-10-9-6-4-3-5-7-9;2*1-2-4-5-3-1;;;/h2*3-7H,2,8H2,1H3;2*1-4H2;2*1H;/q2*-1;;;;;+4/p-2. The molecule has 0 radical (unpaired) electrons. The maximum Gasteiger partial charge on any atom is 4.00 e. The molecule has 184 valence electrons. The number of hydrogen-bond donors (Lipinski definition) is 0. The first-order chi connectivity index (χ1) is 14.9. The second-order valence-electron chi connectivity index (χ2n) is 7.07. The molecule has 2 aromatic carbocycles. The zero-order valence-corrected chi connectivity index (χ0v) is 23.3. The molecule has 4 nitrogen and oxygen atoms in total. The molecule has 0 N–H and O–H groups in total. The largest absolute Gasteiger partial charge is 4.00 e. The molecule has 0 aliphatic carbocycles. The molecule has 0 amide bonds. The van der Waals surface area contributed by atoms with Crippen molar-refractivity contribution >= 4 is 11.4 Å². The Morgan fingerprint density at radius 1 is 0.576 bits per heavy atom. The van der Waals surface area contributed by atoms with Crippen LogP contribution in [0.3, 0.4) is 0 Å². The van der Waals surface area contributed by atoms with Crippen LogP contribution in [-0.2, 0) is 31.2 Å². The van der Waals surface area contributed by atoms with Crippen molar-refractivity contribution in [1.29, 1.82) is 0 Å². The molecule has 0 aromatic heterocycles. The van der Waals surface area contributed by atoms with Gasteiger partial charge in [0, 0.05) is 26.4 Å². The van der Waals surface area contributed by atoms with E-state index in [1.54, 1.807) is 0 Å². The third kappa shape index (κ3) is 24.2. The minimum absolute atomic E-state index is 0. The van der Waals surface area contributed by atoms with Gasteiger partial charge < -0.3 is 44.9 Å². The van der Waals surface area contributed by atoms with Crippen LogP contribution in [0.4, 0.5) is 11.4 Å². The molecule has 0 bridgehead atoms. The van der Waals surface area contributed by atoms with Crippen molar-refractivity contribution < 1.29 is 56.0 Å². The van der Waals surface area contributed by atoms with Gasteiger partial charge in [0.15, 0.2) is 0 Å². The second-order valence-corrected chi connectivity index (χ2v) is 7.07. The summed E-state index contributed by atoms with van der Waals surface area (Å²) in [4.78, 5) is 0. The van der Waals surface area contributed by atoms with E-state index in [4.69, 9.17) is 9.47 Å². The molecule has 0 unspecified atom stereocenters. The molecular formula is C26H40Cl2N2O2Ti. The first kappa shape index (κ1) is 36.8. The van der Waals surface area contributed by atoms with E-state index in [0.717, 1.165) is 63.7 Å². The summed E-state index contributed by atoms with van der Waals surface area (Å²) in [5.41, 5.74) is 2.17. The number of ether oxygens (including phenoxy) is 2. The van der Waals surface area contributed by atoms with Gasteiger partial charge in [0.1, 0.15) is 0 Å². The molecule has 2 heterocycles. The fourth-order valence-electron chi connectivity index (χ4n) is 2.57. The molecule has 0 saturated carbocycles. The normalized spacial score (nSPS) is 12.9. The quantitative estimate of drug-likeness (QED) is 0.535. The number of nitrogens with zero attached hydrogens (tertiary/aromatic N) is 2. The molecule has 0 spiro atoms. The van der Waals surface area contributed by atoms with Gasteiger partial charge >= 0.3 is 21.7 Å². The van der Waals surface area contributed by atoms with Crippen LogP contribution >= 0.6 is 0 Å². The van der Waals surface area contributed by atoms with Crippen molar-refractivity contribution in [3.8, 4) is 0 Å². The molecule has 2 aromatic rings. The van der Waals surface area contributed by atoms with Crippen LogP contribution < -0.4 is 24.8 Å². The molecule has 0 atom stereocenters. The van der Waals surface area contributed by atoms with E-state index >= 15 is 0 Å². The first-order valence-corrected chi connectivity index (χ1v) is 11.5. The van der Waals surface area contributed by atoms with Crippen molar-refractivity contribution in [3.63, 3.8) is 0 Å². The monoisotopic (exact) mass is 530 g/mol. The summed E-state index contributed by atoms with van der Waals surface area (Å²) in [6, 6.07) is 20.1. The summed E-state index contributed by atoms with van der Waals surface area (Å²) in [7, 11) is 0. The summed E-state index contributed by atoms with van der Waals surface area (Å²) in [5, 5.41) is 8.65. The van der Waals surface area contributed by atoms with Crippen LogP contribution in [-0.4, -0.2) is 39.5 Å². The summed E-state index contributed by atoms with van der Waals surface area (Å²) >= 11 is 0. The maximum atomic E-state index is 4.94. The predicted octanol–water partition coefficient (Wildman–Crippen LogP) is 1.80. The Morgan fingerprint density at radius 2 is 0.879 bits per heavy atom. The Kier molecular flexibility index (Phi) is 32.7. The van der Waals surface area contributed by atoms with Crippen molar-refractivity contribution in [2.75, 3.05) is 39.5 Å². The van der Waals surface area contributed by atoms with Crippen molar-refractivity contribution in [2.24, 2.45) is 0 Å². The number of benzene rings is 2. The van der Waals surface area contributed by atoms with E-state index in [-0.39, 0.29) is 46.5 Å². The van der Waals surface area contributed by atoms with E-state index in [9.17, 15) is 0 Å². The fourth-order valence-corrected chi connectivity index (χ4v) is 2.57. The molecule has 33 heavy (non-hydrogen) atoms. The smallest absolute Gasteiger partial charge is 1.00 e. The Balaban J connectivity index is -0.000000368. The predicted molar refractivity (Wildman–Crippen MR) is 129 cm³/mol. The van der Waals surface area contributed by atoms with Gasteiger partial charge in [-0.15, -0.1) is 24.5 Å². The number of para-hydroxylation sites is 2. The zero-order valence-electron chi connectivity index (χ0n) is 20.2. The van der Waals surface area contributed by atoms with E-state index in [1.807, 2.05) is 60.7 Å². The van der Waals surface area contributed by atoms with Gasteiger partial charge in [0.05, 0.1) is 0 Å². The van der Waals surface area contributed by atoms with Crippen LogP contribution in [0.25, 0.3) is 10.6 Å². The van der Waals surface area contributed by atoms with Gasteiger partial charge in [-0.25, -0.2) is 0 Å². The molecular weight excluding hydrogens is 491 g/mol. The number of rotatable bonds is 6. The number of hydrogen-bond acceptors (Lipinski definition) is 2. The summed E-state index contributed by atoms with van der Waals surface area (Å²) in [6.45, 7) is 10.1. The average molecular weight is 531 g/mol. The van der Waals surface area contributed by atoms with Crippen molar-refractivity contribution in [2.45, 2.75) is 52.4 Å². The molecule has 2 aliphatic heterocycles. The second kappa shape index (κ2) is 29.3. The van der Waals surface area contributed by atoms with E-state index in [0.29, 0.717) is 0 Å². The SMILES string of the molecule is C1CCOC1.C1CCOC1.CCC[N-]c1ccccc1.CCC[N-]c1ccccc1.[Cl-].[Cl-].[Ti+4]. The van der Waals surface area contributed by atoms with Gasteiger partial charge in [-0.05, 0) is 25.7 Å². The van der Waals surface area contributed by atoms with Gasteiger partial charge in [0.2, 0.25) is 0 Å². The molecule has 2 aliphatic rings. The van der Waals surface area contributed by atoms with Gasteiger partial charge in [0.25, 0.3) is 0 Å². The maximum absolute atomic E-state index is 4.94. The van der Waals surface area contributed by atoms with E-state index < -0.39 is 0 Å². The summed E-state index contributed by atoms with van der Waals surface area (Å²) in [5.74, 6) is 0. The van der Waals surface area contributed by atoms with Gasteiger partial charge in [-0.2, -0.15) is 0 Å². The van der Waals surface area contributed by atoms with Gasteiger partial charge in [-0.3, -0.25) is 0 Å². The molecule has 2 saturated heterocycles. The zero-order chi connectivity index (χ0) is 21.5. The average Bonchev–Trinajstić information content (AvgIpc) is 3.57. The van der Waals surface area contributed by atoms with Crippen molar-refractivity contribution in [1.82, 2.24) is 0 Å². The molecule has 7 heteroatoms. The topological polar surface area (TPSA) is 46.7 Å². The third-order valence-electron chi connectivity index (χ3n) is 4.20. The summed E-state index contributed by atoms with van der Waals surface area (Å²) in [6.07, 6.45) is 7.35. The minimum Gasteiger partial charge on any atom is -1.00 e. The van der Waals surface area contributed by atoms with Crippen LogP contribution in [0.15, 0.2) is 60.7 Å². The van der Waals surface area contributed by atoms with Crippen LogP contribution in [0.2, 0.25) is 0 Å².